The summed E-state index contributed by atoms with van der Waals surface area (Å²) in [4.78, 5) is 0. The topological polar surface area (TPSA) is 17.1 Å². The number of rotatable bonds is 0. The van der Waals surface area contributed by atoms with Gasteiger partial charge < -0.3 is 0 Å². The number of hydrogen-bond donors (Lipinski definition) is 0. The zero-order valence-corrected chi connectivity index (χ0v) is 2.53. The average molecular weight is 197 g/mol. The first-order valence-electron chi connectivity index (χ1n) is 0.289. The number of hydrogen-bond acceptors (Lipinski definition) is 1. The van der Waals surface area contributed by atoms with Crippen LogP contribution in [-0.4, -0.2) is 73.5 Å². The normalized spacial score (nSPS) is 0.750. The summed E-state index contributed by atoms with van der Waals surface area (Å²) in [6.07, 6.45) is 0. The summed E-state index contributed by atoms with van der Waals surface area (Å²) in [6, 6.07) is 0. The Morgan fingerprint density at radius 1 is 1.25 bits per heavy atom. The van der Waals surface area contributed by atoms with Gasteiger partial charge in [-0.3, -0.25) is 0 Å². The molecule has 0 spiro atoms. The summed E-state index contributed by atoms with van der Waals surface area (Å²) in [5.41, 5.74) is 0. The second-order valence-electron chi connectivity index (χ2n) is 0. The quantitative estimate of drug-likeness (QED) is 0.382. The molecule has 0 bridgehead atoms. The van der Waals surface area contributed by atoms with Gasteiger partial charge in [0.05, 0.1) is 8.41 Å². The monoisotopic (exact) mass is 198 g/mol. The van der Waals surface area contributed by atoms with Crippen LogP contribution in [0.15, 0.2) is 0 Å². The summed E-state index contributed by atoms with van der Waals surface area (Å²) < 4.78 is 8.28. The Morgan fingerprint density at radius 3 is 1.25 bits per heavy atom. The van der Waals surface area contributed by atoms with E-state index in [0.29, 0.717) is 16.2 Å². The van der Waals surface area contributed by atoms with Crippen LogP contribution < -0.4 is 0 Å². The van der Waals surface area contributed by atoms with Crippen molar-refractivity contribution < 1.29 is 3.80 Å². The Morgan fingerprint density at radius 2 is 1.25 bits per heavy atom. The fraction of sp³-hybridized carbons (Fsp3) is 0. The Labute approximate surface area is 75.8 Å². The zero-order valence-electron chi connectivity index (χ0n) is 1.12. The molecule has 0 atom stereocenters. The van der Waals surface area contributed by atoms with Crippen LogP contribution in [0, 0.1) is 0 Å². The molecule has 0 amide bonds. The molecule has 0 aliphatic rings. The molecule has 4 heavy (non-hydrogen) atoms. The molecular weight excluding hydrogens is 191 g/mol. The molecule has 1 nitrogen and oxygen atoms in total. The van der Waals surface area contributed by atoms with Gasteiger partial charge in [-0.1, -0.05) is 0 Å². The van der Waals surface area contributed by atoms with Gasteiger partial charge in [-0.25, -0.2) is 0 Å². The summed E-state index contributed by atoms with van der Waals surface area (Å²) in [5.74, 6) is 0. The first-order valence-corrected chi connectivity index (χ1v) is 0.866. The van der Waals surface area contributed by atoms with Crippen molar-refractivity contribution in [2.45, 2.75) is 0 Å². The molecule has 0 aliphatic carbocycles. The molecule has 0 aromatic heterocycles. The second-order valence-corrected chi connectivity index (χ2v) is 0. The molecule has 0 unspecified atom stereocenters. The van der Waals surface area contributed by atoms with E-state index in [2.05, 4.69) is 0 Å². The molecule has 20 valence electrons. The van der Waals surface area contributed by atoms with Crippen LogP contribution >= 0.6 is 0 Å². The van der Waals surface area contributed by atoms with E-state index in [4.69, 9.17) is 3.80 Å². The molecule has 4 heteroatoms. The van der Waals surface area contributed by atoms with Gasteiger partial charge in [-0.15, -0.1) is 0 Å². The fourth-order valence-corrected chi connectivity index (χ4v) is 0. The first kappa shape index (κ1) is 16.7. The van der Waals surface area contributed by atoms with Gasteiger partial charge in [-0.2, -0.15) is 0 Å². The van der Waals surface area contributed by atoms with Gasteiger partial charge in [0.25, 0.3) is 0 Å². The van der Waals surface area contributed by atoms with E-state index >= 15 is 0 Å². The van der Waals surface area contributed by atoms with Crippen LogP contribution in [0.25, 0.3) is 0 Å². The van der Waals surface area contributed by atoms with Crippen molar-refractivity contribution in [3.8, 4) is 0 Å². The molecular formula is H6AlBBaO. The predicted molar refractivity (Wildman–Crippen MR) is 26.3 cm³/mol. The molecule has 0 aromatic rings. The Bertz CT molecular complexity index is 8.00. The van der Waals surface area contributed by atoms with Crippen molar-refractivity contribution in [2.75, 3.05) is 0 Å². The van der Waals surface area contributed by atoms with Gasteiger partial charge in [0, 0.05) is 0 Å². The van der Waals surface area contributed by atoms with Crippen molar-refractivity contribution in [1.29, 1.82) is 0 Å². The average Bonchev–Trinajstić information content (AvgIpc) is 1.00. The zero-order chi connectivity index (χ0) is 2.00. The van der Waals surface area contributed by atoms with E-state index in [1.165, 1.54) is 0 Å². The Kier molecular flexibility index (Phi) is 84.4. The van der Waals surface area contributed by atoms with Crippen LogP contribution in [0.3, 0.4) is 0 Å². The minimum absolute atomic E-state index is 0. The molecule has 0 N–H and O–H groups in total. The van der Waals surface area contributed by atoms with Crippen LogP contribution in [0.5, 0.6) is 0 Å². The standard InChI is InChI=1S/Al.BH3.Ba.O.3H/h;1H3;;;;;. The first-order chi connectivity index (χ1) is 1.00. The van der Waals surface area contributed by atoms with E-state index < -0.39 is 0 Å². The van der Waals surface area contributed by atoms with Crippen molar-refractivity contribution >= 4 is 73.5 Å². The van der Waals surface area contributed by atoms with Crippen LogP contribution in [0.1, 0.15) is 0 Å². The summed E-state index contributed by atoms with van der Waals surface area (Å²) in [6.45, 7) is 0. The van der Waals surface area contributed by atoms with E-state index in [1.807, 2.05) is 0 Å². The third-order valence-corrected chi connectivity index (χ3v) is 0. The van der Waals surface area contributed by atoms with Crippen LogP contribution in [0.2, 0.25) is 0 Å². The molecule has 0 fully saturated rings. The summed E-state index contributed by atoms with van der Waals surface area (Å²) in [5, 5.41) is 0. The fourth-order valence-electron chi connectivity index (χ4n) is 0. The molecule has 0 rings (SSSR count). The molecule has 0 heterocycles. The van der Waals surface area contributed by atoms with Gasteiger partial charge in [0.1, 0.15) is 0 Å². The summed E-state index contributed by atoms with van der Waals surface area (Å²) in [7, 11) is 0. The van der Waals surface area contributed by atoms with Crippen molar-refractivity contribution in [3.05, 3.63) is 0 Å². The molecule has 0 aromatic carbocycles. The van der Waals surface area contributed by atoms with Gasteiger partial charge in [-0.05, 0) is 0 Å². The maximum atomic E-state index is 8.28. The van der Waals surface area contributed by atoms with E-state index in [-0.39, 0.29) is 57.3 Å². The van der Waals surface area contributed by atoms with Crippen molar-refractivity contribution in [3.63, 3.8) is 0 Å². The van der Waals surface area contributed by atoms with Gasteiger partial charge >= 0.3 is 68.9 Å². The van der Waals surface area contributed by atoms with E-state index in [9.17, 15) is 0 Å². The molecule has 0 aliphatic heterocycles. The third-order valence-electron chi connectivity index (χ3n) is 0. The van der Waals surface area contributed by atoms with Gasteiger partial charge in [0.15, 0.2) is 0 Å². The molecule has 0 radical (unpaired) electrons. The van der Waals surface area contributed by atoms with Crippen LogP contribution in [-0.2, 0) is 3.80 Å². The second kappa shape index (κ2) is 20.2. The SMILES string of the molecule is B.[BaH2].[O]=[AlH]. The summed E-state index contributed by atoms with van der Waals surface area (Å²) >= 11 is 0.611. The van der Waals surface area contributed by atoms with E-state index in [0.717, 1.165) is 0 Å². The van der Waals surface area contributed by atoms with Crippen molar-refractivity contribution in [1.82, 2.24) is 0 Å². The minimum atomic E-state index is 0. The van der Waals surface area contributed by atoms with Crippen LogP contribution in [0.4, 0.5) is 0 Å². The Balaban J connectivity index is -0.00000000500. The molecule has 0 saturated carbocycles. The van der Waals surface area contributed by atoms with E-state index in [1.54, 1.807) is 0 Å². The Hall–Kier alpha value is 1.97. The molecule has 0 saturated heterocycles. The maximum absolute atomic E-state index is 8.28. The van der Waals surface area contributed by atoms with Gasteiger partial charge in [0.2, 0.25) is 0 Å². The third kappa shape index (κ3) is 9.02. The predicted octanol–water partition coefficient (Wildman–Crippen LogP) is -2.87. The van der Waals surface area contributed by atoms with Crippen molar-refractivity contribution in [2.24, 2.45) is 0 Å².